The summed E-state index contributed by atoms with van der Waals surface area (Å²) in [7, 11) is 1.46. The summed E-state index contributed by atoms with van der Waals surface area (Å²) >= 11 is 5.87. The van der Waals surface area contributed by atoms with Crippen LogP contribution in [-0.2, 0) is 9.53 Å². The van der Waals surface area contributed by atoms with Crippen LogP contribution in [0.2, 0.25) is 5.02 Å². The summed E-state index contributed by atoms with van der Waals surface area (Å²) in [4.78, 5) is 25.7. The van der Waals surface area contributed by atoms with Gasteiger partial charge in [0.05, 0.1) is 23.4 Å². The SMILES string of the molecule is COc1ccc(C)cc1NC(=O)C(OC(=O)c1cc(F)c(F)cc1Cl)c1ccccc1. The number of aryl methyl sites for hydroxylation is 1. The van der Waals surface area contributed by atoms with Gasteiger partial charge >= 0.3 is 5.97 Å². The average Bonchev–Trinajstić information content (AvgIpc) is 2.75. The lowest BCUT2D eigenvalue weighted by atomic mass is 10.1. The van der Waals surface area contributed by atoms with E-state index in [1.807, 2.05) is 13.0 Å². The number of nitrogens with one attached hydrogen (secondary N) is 1. The van der Waals surface area contributed by atoms with Crippen molar-refractivity contribution in [1.29, 1.82) is 0 Å². The van der Waals surface area contributed by atoms with Gasteiger partial charge in [-0.2, -0.15) is 0 Å². The third-order valence-corrected chi connectivity index (χ3v) is 4.72. The number of amides is 1. The van der Waals surface area contributed by atoms with Crippen molar-refractivity contribution in [2.24, 2.45) is 0 Å². The fraction of sp³-hybridized carbons (Fsp3) is 0.130. The first-order valence-corrected chi connectivity index (χ1v) is 9.54. The number of ether oxygens (including phenoxy) is 2. The zero-order valence-electron chi connectivity index (χ0n) is 16.6. The molecule has 3 rings (SSSR count). The number of anilines is 1. The summed E-state index contributed by atoms with van der Waals surface area (Å²) in [5.74, 6) is -3.79. The van der Waals surface area contributed by atoms with Gasteiger partial charge in [-0.15, -0.1) is 0 Å². The average molecular weight is 446 g/mol. The second-order valence-corrected chi connectivity index (χ2v) is 7.04. The van der Waals surface area contributed by atoms with Crippen LogP contribution in [0.4, 0.5) is 14.5 Å². The highest BCUT2D eigenvalue weighted by Crippen LogP contribution is 2.29. The molecular formula is C23H18ClF2NO4. The van der Waals surface area contributed by atoms with E-state index in [0.29, 0.717) is 29.1 Å². The van der Waals surface area contributed by atoms with Gasteiger partial charge in [-0.05, 0) is 36.8 Å². The topological polar surface area (TPSA) is 64.6 Å². The molecule has 0 aromatic heterocycles. The molecule has 0 aliphatic rings. The molecule has 0 saturated heterocycles. The highest BCUT2D eigenvalue weighted by atomic mass is 35.5. The highest BCUT2D eigenvalue weighted by molar-refractivity contribution is 6.33. The molecule has 1 unspecified atom stereocenters. The Kier molecular flexibility index (Phi) is 6.87. The van der Waals surface area contributed by atoms with Crippen LogP contribution < -0.4 is 10.1 Å². The monoisotopic (exact) mass is 445 g/mol. The zero-order valence-corrected chi connectivity index (χ0v) is 17.4. The predicted molar refractivity (Wildman–Crippen MR) is 112 cm³/mol. The molecule has 1 atom stereocenters. The number of esters is 1. The van der Waals surface area contributed by atoms with Gasteiger partial charge in [-0.3, -0.25) is 4.79 Å². The van der Waals surface area contributed by atoms with Crippen LogP contribution in [0.25, 0.3) is 0 Å². The molecule has 0 aliphatic heterocycles. The van der Waals surface area contributed by atoms with Crippen molar-refractivity contribution in [3.63, 3.8) is 0 Å². The van der Waals surface area contributed by atoms with Crippen LogP contribution in [0.15, 0.2) is 60.7 Å². The van der Waals surface area contributed by atoms with Crippen molar-refractivity contribution in [3.05, 3.63) is 94.0 Å². The van der Waals surface area contributed by atoms with E-state index in [-0.39, 0.29) is 5.02 Å². The summed E-state index contributed by atoms with van der Waals surface area (Å²) in [5.41, 5.74) is 1.23. The number of halogens is 3. The van der Waals surface area contributed by atoms with Crippen LogP contribution in [0.1, 0.15) is 27.6 Å². The van der Waals surface area contributed by atoms with Crippen molar-refractivity contribution in [2.75, 3.05) is 12.4 Å². The quantitative estimate of drug-likeness (QED) is 0.403. The molecule has 3 aromatic carbocycles. The Morgan fingerprint density at radius 1 is 1.00 bits per heavy atom. The van der Waals surface area contributed by atoms with E-state index >= 15 is 0 Å². The number of hydrogen-bond donors (Lipinski definition) is 1. The Labute approximate surface area is 182 Å². The Morgan fingerprint density at radius 3 is 2.35 bits per heavy atom. The number of methoxy groups -OCH3 is 1. The maximum Gasteiger partial charge on any atom is 0.340 e. The van der Waals surface area contributed by atoms with E-state index in [9.17, 15) is 18.4 Å². The molecule has 1 N–H and O–H groups in total. The molecule has 3 aromatic rings. The van der Waals surface area contributed by atoms with Crippen molar-refractivity contribution in [3.8, 4) is 5.75 Å². The maximum atomic E-state index is 13.6. The lowest BCUT2D eigenvalue weighted by Gasteiger charge is -2.19. The van der Waals surface area contributed by atoms with Crippen molar-refractivity contribution in [2.45, 2.75) is 13.0 Å². The first-order chi connectivity index (χ1) is 14.8. The minimum Gasteiger partial charge on any atom is -0.495 e. The standard InChI is InChI=1S/C23H18ClF2NO4/c1-13-8-9-20(30-2)19(10-13)27-22(28)21(14-6-4-3-5-7-14)31-23(29)15-11-17(25)18(26)12-16(15)24/h3-12,21H,1-2H3,(H,27,28). The molecule has 0 saturated carbocycles. The minimum atomic E-state index is -1.39. The van der Waals surface area contributed by atoms with E-state index in [2.05, 4.69) is 5.32 Å². The Bertz CT molecular complexity index is 1120. The lowest BCUT2D eigenvalue weighted by molar-refractivity contribution is -0.125. The lowest BCUT2D eigenvalue weighted by Crippen LogP contribution is -2.26. The smallest absolute Gasteiger partial charge is 0.340 e. The molecule has 0 spiro atoms. The normalized spacial score (nSPS) is 11.5. The first kappa shape index (κ1) is 22.2. The molecule has 0 radical (unpaired) electrons. The fourth-order valence-corrected chi connectivity index (χ4v) is 3.10. The van der Waals surface area contributed by atoms with Gasteiger partial charge < -0.3 is 14.8 Å². The van der Waals surface area contributed by atoms with E-state index < -0.39 is 35.2 Å². The van der Waals surface area contributed by atoms with Crippen molar-refractivity contribution < 1.29 is 27.8 Å². The number of carbonyl (C=O) groups excluding carboxylic acids is 2. The molecule has 0 bridgehead atoms. The summed E-state index contributed by atoms with van der Waals surface area (Å²) in [6, 6.07) is 14.8. The first-order valence-electron chi connectivity index (χ1n) is 9.16. The molecule has 8 heteroatoms. The van der Waals surface area contributed by atoms with Crippen molar-refractivity contribution in [1.82, 2.24) is 0 Å². The predicted octanol–water partition coefficient (Wildman–Crippen LogP) is 5.47. The number of hydrogen-bond acceptors (Lipinski definition) is 4. The van der Waals surface area contributed by atoms with Gasteiger partial charge in [0.25, 0.3) is 5.91 Å². The van der Waals surface area contributed by atoms with Crippen LogP contribution in [0, 0.1) is 18.6 Å². The van der Waals surface area contributed by atoms with E-state index in [1.54, 1.807) is 42.5 Å². The van der Waals surface area contributed by atoms with Gasteiger partial charge in [0, 0.05) is 5.56 Å². The summed E-state index contributed by atoms with van der Waals surface area (Å²) in [6.45, 7) is 1.84. The van der Waals surface area contributed by atoms with Crippen LogP contribution in [0.5, 0.6) is 5.75 Å². The number of rotatable bonds is 6. The van der Waals surface area contributed by atoms with Crippen LogP contribution >= 0.6 is 11.6 Å². The van der Waals surface area contributed by atoms with Gasteiger partial charge in [-0.1, -0.05) is 48.0 Å². The van der Waals surface area contributed by atoms with Gasteiger partial charge in [0.1, 0.15) is 5.75 Å². The van der Waals surface area contributed by atoms with E-state index in [1.165, 1.54) is 7.11 Å². The van der Waals surface area contributed by atoms with Crippen LogP contribution in [-0.4, -0.2) is 19.0 Å². The molecule has 5 nitrogen and oxygen atoms in total. The molecule has 0 heterocycles. The Balaban J connectivity index is 1.93. The second kappa shape index (κ2) is 9.57. The number of benzene rings is 3. The minimum absolute atomic E-state index is 0.337. The fourth-order valence-electron chi connectivity index (χ4n) is 2.87. The summed E-state index contributed by atoms with van der Waals surface area (Å²) in [6.07, 6.45) is -1.39. The van der Waals surface area contributed by atoms with E-state index in [4.69, 9.17) is 21.1 Å². The largest absolute Gasteiger partial charge is 0.495 e. The molecule has 1 amide bonds. The van der Waals surface area contributed by atoms with Gasteiger partial charge in [-0.25, -0.2) is 13.6 Å². The third-order valence-electron chi connectivity index (χ3n) is 4.41. The molecule has 0 aliphatic carbocycles. The maximum absolute atomic E-state index is 13.6. The summed E-state index contributed by atoms with van der Waals surface area (Å²) < 4.78 is 37.6. The summed E-state index contributed by atoms with van der Waals surface area (Å²) in [5, 5.41) is 2.35. The number of carbonyl (C=O) groups is 2. The molecule has 31 heavy (non-hydrogen) atoms. The Hall–Kier alpha value is -3.45. The van der Waals surface area contributed by atoms with Gasteiger partial charge in [0.2, 0.25) is 6.10 Å². The van der Waals surface area contributed by atoms with E-state index in [0.717, 1.165) is 5.56 Å². The highest BCUT2D eigenvalue weighted by Gasteiger charge is 2.28. The molecule has 0 fully saturated rings. The van der Waals surface area contributed by atoms with Gasteiger partial charge in [0.15, 0.2) is 11.6 Å². The third kappa shape index (κ3) is 5.19. The molecule has 160 valence electrons. The molecular weight excluding hydrogens is 428 g/mol. The van der Waals surface area contributed by atoms with Crippen molar-refractivity contribution >= 4 is 29.2 Å². The second-order valence-electron chi connectivity index (χ2n) is 6.64. The Morgan fingerprint density at radius 2 is 1.68 bits per heavy atom. The zero-order chi connectivity index (χ0) is 22.5. The van der Waals surface area contributed by atoms with Crippen LogP contribution in [0.3, 0.4) is 0 Å².